The molecular weight excluding hydrogens is 583 g/mol. The number of carbonyl (C=O) groups excluding carboxylic acids is 2. The summed E-state index contributed by atoms with van der Waals surface area (Å²) in [6.07, 6.45) is -2.83. The number of halogens is 3. The number of hydrogen-bond acceptors (Lipinski definition) is 9. The number of nitrogens with zero attached hydrogens (tertiary/aromatic N) is 4. The summed E-state index contributed by atoms with van der Waals surface area (Å²) in [5.74, 6) is -0.596. The predicted molar refractivity (Wildman–Crippen MR) is 159 cm³/mol. The number of hydrazine groups is 1. The van der Waals surface area contributed by atoms with Crippen molar-refractivity contribution in [3.05, 3.63) is 89.0 Å². The van der Waals surface area contributed by atoms with Gasteiger partial charge in [-0.3, -0.25) is 14.7 Å². The Kier molecular flexibility index (Phi) is 8.74. The first kappa shape index (κ1) is 30.1. The zero-order valence-corrected chi connectivity index (χ0v) is 24.3. The fourth-order valence-corrected chi connectivity index (χ4v) is 5.83. The number of hydrogen-bond donors (Lipinski definition) is 1. The van der Waals surface area contributed by atoms with Gasteiger partial charge in [0, 0.05) is 6.42 Å². The van der Waals surface area contributed by atoms with Crippen LogP contribution in [-0.2, 0) is 14.3 Å². The van der Waals surface area contributed by atoms with Crippen molar-refractivity contribution in [2.75, 3.05) is 22.8 Å². The van der Waals surface area contributed by atoms with Gasteiger partial charge in [0.05, 0.1) is 36.5 Å². The number of amides is 1. The van der Waals surface area contributed by atoms with Crippen LogP contribution in [0.1, 0.15) is 34.7 Å². The number of alkyl halides is 3. The smallest absolute Gasteiger partial charge is 0.467 e. The minimum absolute atomic E-state index is 0.0466. The summed E-state index contributed by atoms with van der Waals surface area (Å²) in [7, 11) is 1.28. The van der Waals surface area contributed by atoms with Crippen LogP contribution in [0.4, 0.5) is 24.5 Å². The summed E-state index contributed by atoms with van der Waals surface area (Å²) in [5.41, 5.74) is 8.18. The summed E-state index contributed by atoms with van der Waals surface area (Å²) < 4.78 is 46.6. The molecule has 5 rings (SSSR count). The Hall–Kier alpha value is -4.36. The second-order valence-electron chi connectivity index (χ2n) is 9.92. The second-order valence-corrected chi connectivity index (χ2v) is 10.9. The molecule has 2 unspecified atom stereocenters. The van der Waals surface area contributed by atoms with Gasteiger partial charge in [0.2, 0.25) is 5.91 Å². The van der Waals surface area contributed by atoms with Crippen LogP contribution in [0.2, 0.25) is 0 Å². The van der Waals surface area contributed by atoms with Gasteiger partial charge in [-0.2, -0.15) is 5.10 Å². The summed E-state index contributed by atoms with van der Waals surface area (Å²) >= 11 is 1.34. The Morgan fingerprint density at radius 3 is 2.35 bits per heavy atom. The maximum atomic E-state index is 12.6. The first-order valence-electron chi connectivity index (χ1n) is 13.3. The normalized spacial score (nSPS) is 20.0. The van der Waals surface area contributed by atoms with Crippen molar-refractivity contribution < 1.29 is 32.2 Å². The SMILES string of the molecule is COC(=O)C1CC(c2ccc(/C=N/N=C3\SCC(=O)N3c3c(C)cccc3C)cc2)NN1c1ccc(OC(F)(F)F)cc1. The Bertz CT molecular complexity index is 1540. The van der Waals surface area contributed by atoms with E-state index in [0.717, 1.165) is 27.9 Å². The van der Waals surface area contributed by atoms with Gasteiger partial charge in [-0.1, -0.05) is 54.2 Å². The van der Waals surface area contributed by atoms with Crippen molar-refractivity contribution in [1.29, 1.82) is 0 Å². The first-order valence-corrected chi connectivity index (χ1v) is 14.2. The topological polar surface area (TPSA) is 95.8 Å². The van der Waals surface area contributed by atoms with Crippen molar-refractivity contribution in [3.8, 4) is 5.75 Å². The fraction of sp³-hybridized carbons (Fsp3) is 0.267. The number of benzene rings is 3. The molecule has 224 valence electrons. The van der Waals surface area contributed by atoms with Gasteiger partial charge in [0.15, 0.2) is 5.17 Å². The van der Waals surface area contributed by atoms with Crippen LogP contribution in [0.3, 0.4) is 0 Å². The minimum atomic E-state index is -4.80. The average Bonchev–Trinajstić information content (AvgIpc) is 3.57. The van der Waals surface area contributed by atoms with E-state index in [0.29, 0.717) is 23.0 Å². The van der Waals surface area contributed by atoms with Crippen molar-refractivity contribution in [3.63, 3.8) is 0 Å². The van der Waals surface area contributed by atoms with Gasteiger partial charge in [0.25, 0.3) is 0 Å². The highest BCUT2D eigenvalue weighted by Crippen LogP contribution is 2.34. The molecule has 1 N–H and O–H groups in total. The molecule has 1 amide bonds. The van der Waals surface area contributed by atoms with Crippen LogP contribution in [0.25, 0.3) is 0 Å². The van der Waals surface area contributed by atoms with E-state index in [1.165, 1.54) is 43.1 Å². The van der Waals surface area contributed by atoms with Gasteiger partial charge in [-0.15, -0.1) is 18.3 Å². The molecule has 3 aromatic rings. The summed E-state index contributed by atoms with van der Waals surface area (Å²) in [5, 5.41) is 10.7. The number of thioether (sulfide) groups is 1. The average molecular weight is 612 g/mol. The van der Waals surface area contributed by atoms with Crippen molar-refractivity contribution in [2.45, 2.75) is 38.7 Å². The van der Waals surface area contributed by atoms with E-state index in [1.807, 2.05) is 56.3 Å². The standard InChI is InChI=1S/C30H28F3N5O4S/c1-18-5-4-6-19(2)27(18)37-26(39)17-43-29(37)35-34-16-20-7-9-21(10-8-20)24-15-25(28(40)41-3)38(36-24)22-11-13-23(14-12-22)42-30(31,32)33/h4-14,16,24-25,36H,15,17H2,1-3H3/b34-16+,35-29-. The minimum Gasteiger partial charge on any atom is -0.467 e. The maximum absolute atomic E-state index is 12.6. The molecule has 0 radical (unpaired) electrons. The van der Waals surface area contributed by atoms with Crippen LogP contribution in [0.5, 0.6) is 5.75 Å². The highest BCUT2D eigenvalue weighted by atomic mass is 32.2. The van der Waals surface area contributed by atoms with Crippen LogP contribution in [-0.4, -0.2) is 48.5 Å². The summed E-state index contributed by atoms with van der Waals surface area (Å²) in [4.78, 5) is 26.8. The maximum Gasteiger partial charge on any atom is 0.573 e. The molecule has 9 nitrogen and oxygen atoms in total. The number of carbonyl (C=O) groups is 2. The molecule has 43 heavy (non-hydrogen) atoms. The molecule has 0 aromatic heterocycles. The molecular formula is C30H28F3N5O4S. The summed E-state index contributed by atoms with van der Waals surface area (Å²) in [6, 6.07) is 17.6. The molecule has 0 saturated carbocycles. The van der Waals surface area contributed by atoms with Crippen LogP contribution >= 0.6 is 11.8 Å². The number of ether oxygens (including phenoxy) is 2. The molecule has 2 fully saturated rings. The number of esters is 1. The Morgan fingerprint density at radius 2 is 1.72 bits per heavy atom. The van der Waals surface area contributed by atoms with Crippen molar-refractivity contribution in [1.82, 2.24) is 5.43 Å². The largest absolute Gasteiger partial charge is 0.573 e. The molecule has 2 heterocycles. The number of aryl methyl sites for hydroxylation is 2. The molecule has 2 aliphatic rings. The van der Waals surface area contributed by atoms with E-state index >= 15 is 0 Å². The van der Waals surface area contributed by atoms with Gasteiger partial charge < -0.3 is 9.47 Å². The van der Waals surface area contributed by atoms with E-state index in [2.05, 4.69) is 20.4 Å². The molecule has 2 atom stereocenters. The van der Waals surface area contributed by atoms with Crippen molar-refractivity contribution >= 4 is 46.4 Å². The van der Waals surface area contributed by atoms with Crippen LogP contribution in [0, 0.1) is 13.8 Å². The second kappa shape index (κ2) is 12.5. The van der Waals surface area contributed by atoms with Crippen LogP contribution in [0.15, 0.2) is 76.9 Å². The molecule has 0 bridgehead atoms. The molecule has 2 saturated heterocycles. The van der Waals surface area contributed by atoms with Gasteiger partial charge >= 0.3 is 12.3 Å². The van der Waals surface area contributed by atoms with Gasteiger partial charge in [-0.05, 0) is 60.4 Å². The fourth-order valence-electron chi connectivity index (χ4n) is 5.02. The number of para-hydroxylation sites is 1. The highest BCUT2D eigenvalue weighted by molar-refractivity contribution is 8.15. The molecule has 2 aliphatic heterocycles. The van der Waals surface area contributed by atoms with Crippen molar-refractivity contribution in [2.24, 2.45) is 10.2 Å². The van der Waals surface area contributed by atoms with Gasteiger partial charge in [0.1, 0.15) is 11.8 Å². The van der Waals surface area contributed by atoms with Crippen LogP contribution < -0.4 is 20.1 Å². The van der Waals surface area contributed by atoms with E-state index in [9.17, 15) is 22.8 Å². The zero-order valence-electron chi connectivity index (χ0n) is 23.5. The monoisotopic (exact) mass is 611 g/mol. The lowest BCUT2D eigenvalue weighted by atomic mass is 10.0. The lowest BCUT2D eigenvalue weighted by Gasteiger charge is -2.25. The Labute approximate surface area is 250 Å². The number of nitrogens with one attached hydrogen (secondary N) is 1. The number of methoxy groups -OCH3 is 1. The molecule has 0 aliphatic carbocycles. The van der Waals surface area contributed by atoms with E-state index in [-0.39, 0.29) is 17.7 Å². The van der Waals surface area contributed by atoms with E-state index in [1.54, 1.807) is 16.1 Å². The Morgan fingerprint density at radius 1 is 1.05 bits per heavy atom. The quantitative estimate of drug-likeness (QED) is 0.209. The first-order chi connectivity index (χ1) is 20.5. The third kappa shape index (κ3) is 6.83. The lowest BCUT2D eigenvalue weighted by Crippen LogP contribution is -2.42. The number of rotatable bonds is 7. The van der Waals surface area contributed by atoms with E-state index in [4.69, 9.17) is 4.74 Å². The lowest BCUT2D eigenvalue weighted by molar-refractivity contribution is -0.274. The molecule has 3 aromatic carbocycles. The highest BCUT2D eigenvalue weighted by Gasteiger charge is 2.39. The molecule has 13 heteroatoms. The molecule has 0 spiro atoms. The Balaban J connectivity index is 1.29. The third-order valence-corrected chi connectivity index (χ3v) is 7.92. The summed E-state index contributed by atoms with van der Waals surface area (Å²) in [6.45, 7) is 3.91. The number of anilines is 2. The van der Waals surface area contributed by atoms with Gasteiger partial charge in [-0.25, -0.2) is 10.2 Å². The number of amidine groups is 1. The zero-order chi connectivity index (χ0) is 30.7. The predicted octanol–water partition coefficient (Wildman–Crippen LogP) is 5.67. The third-order valence-electron chi connectivity index (χ3n) is 7.00. The van der Waals surface area contributed by atoms with E-state index < -0.39 is 18.4 Å².